The van der Waals surface area contributed by atoms with Gasteiger partial charge in [-0.3, -0.25) is 4.79 Å². The number of nitrogens with zero attached hydrogens (tertiary/aromatic N) is 1. The molecule has 140 valence electrons. The van der Waals surface area contributed by atoms with Gasteiger partial charge in [0.25, 0.3) is 0 Å². The van der Waals surface area contributed by atoms with Gasteiger partial charge in [-0.15, -0.1) is 0 Å². The van der Waals surface area contributed by atoms with Crippen LogP contribution in [0.3, 0.4) is 0 Å². The predicted molar refractivity (Wildman–Crippen MR) is 91.5 cm³/mol. The van der Waals surface area contributed by atoms with E-state index in [9.17, 15) is 23.1 Å². The molecule has 1 saturated carbocycles. The van der Waals surface area contributed by atoms with E-state index in [1.165, 1.54) is 12.3 Å². The third-order valence-electron chi connectivity index (χ3n) is 4.57. The topological polar surface area (TPSA) is 144 Å². The minimum Gasteiger partial charge on any atom is -0.477 e. The molecular formula is C15H24N4O5S. The van der Waals surface area contributed by atoms with Crippen LogP contribution in [-0.4, -0.2) is 49.5 Å². The van der Waals surface area contributed by atoms with Gasteiger partial charge < -0.3 is 15.7 Å². The van der Waals surface area contributed by atoms with Gasteiger partial charge in [0.1, 0.15) is 5.69 Å². The number of hydrogen-bond acceptors (Lipinski definition) is 5. The first-order chi connectivity index (χ1) is 11.8. The number of amides is 1. The Morgan fingerprint density at radius 2 is 1.92 bits per heavy atom. The van der Waals surface area contributed by atoms with E-state index in [-0.39, 0.29) is 23.4 Å². The van der Waals surface area contributed by atoms with Crippen molar-refractivity contribution >= 4 is 22.1 Å². The highest BCUT2D eigenvalue weighted by Crippen LogP contribution is 2.37. The van der Waals surface area contributed by atoms with Crippen molar-refractivity contribution in [2.24, 2.45) is 11.1 Å². The summed E-state index contributed by atoms with van der Waals surface area (Å²) in [5, 5.41) is 20.3. The Morgan fingerprint density at radius 1 is 1.28 bits per heavy atom. The summed E-state index contributed by atoms with van der Waals surface area (Å²) in [7, 11) is -2.36. The number of carboxylic acids is 1. The maximum atomic E-state index is 12.1. The first-order valence-electron chi connectivity index (χ1n) is 8.15. The first-order valence-corrected chi connectivity index (χ1v) is 9.66. The number of carbonyl (C=O) groups is 2. The molecule has 10 heteroatoms. The summed E-state index contributed by atoms with van der Waals surface area (Å²) in [4.78, 5) is 23.6. The highest BCUT2D eigenvalue weighted by molar-refractivity contribution is 7.87. The number of aromatic carboxylic acids is 1. The molecule has 1 aromatic rings. The van der Waals surface area contributed by atoms with Gasteiger partial charge in [0.2, 0.25) is 5.91 Å². The van der Waals surface area contributed by atoms with Crippen LogP contribution in [0.1, 0.15) is 47.7 Å². The lowest BCUT2D eigenvalue weighted by Crippen LogP contribution is -2.36. The van der Waals surface area contributed by atoms with Crippen LogP contribution in [0.4, 0.5) is 0 Å². The summed E-state index contributed by atoms with van der Waals surface area (Å²) >= 11 is 0. The second-order valence-corrected chi connectivity index (χ2v) is 7.63. The Hall–Kier alpha value is -1.91. The molecule has 0 atom stereocenters. The Balaban J connectivity index is 2.07. The van der Waals surface area contributed by atoms with E-state index in [1.54, 1.807) is 0 Å². The zero-order valence-corrected chi connectivity index (χ0v) is 14.9. The zero-order valence-electron chi connectivity index (χ0n) is 14.1. The Kier molecular flexibility index (Phi) is 6.20. The van der Waals surface area contributed by atoms with Gasteiger partial charge in [-0.25, -0.2) is 13.9 Å². The normalized spacial score (nSPS) is 21.0. The second-order valence-electron chi connectivity index (χ2n) is 6.21. The van der Waals surface area contributed by atoms with Crippen molar-refractivity contribution in [3.05, 3.63) is 23.5 Å². The average Bonchev–Trinajstić information content (AvgIpc) is 3.00. The van der Waals surface area contributed by atoms with Crippen LogP contribution < -0.4 is 15.8 Å². The molecule has 5 N–H and O–H groups in total. The van der Waals surface area contributed by atoms with Crippen molar-refractivity contribution in [2.75, 3.05) is 20.1 Å². The van der Waals surface area contributed by atoms with Crippen LogP contribution in [0.25, 0.3) is 0 Å². The highest BCUT2D eigenvalue weighted by Gasteiger charge is 2.31. The largest absolute Gasteiger partial charge is 0.477 e. The Labute approximate surface area is 146 Å². The van der Waals surface area contributed by atoms with Crippen LogP contribution in [-0.2, 0) is 15.0 Å². The number of carboxylic acid groups (broad SMARTS) is 1. The van der Waals surface area contributed by atoms with E-state index >= 15 is 0 Å². The molecule has 0 bridgehead atoms. The van der Waals surface area contributed by atoms with Crippen molar-refractivity contribution in [3.63, 3.8) is 0 Å². The van der Waals surface area contributed by atoms with Crippen LogP contribution in [0, 0.1) is 5.92 Å². The van der Waals surface area contributed by atoms with Crippen molar-refractivity contribution < 1.29 is 23.1 Å². The zero-order chi connectivity index (χ0) is 18.6. The molecule has 0 radical (unpaired) electrons. The third-order valence-corrected chi connectivity index (χ3v) is 5.42. The molecule has 0 aromatic carbocycles. The summed E-state index contributed by atoms with van der Waals surface area (Å²) in [5.41, 5.74) is 0.139. The first kappa shape index (κ1) is 19.4. The van der Waals surface area contributed by atoms with Crippen molar-refractivity contribution in [2.45, 2.75) is 31.6 Å². The summed E-state index contributed by atoms with van der Waals surface area (Å²) < 4.78 is 23.7. The standard InChI is InChI=1S/C15H24N4O5S/c1-17-7-8-18-14(20)11-4-2-10(3-5-11)12-6-9-19(25(16,23)24)13(12)15(21)22/h6,9-11,17H,2-5,7-8H2,1H3,(H,18,20)(H,21,22)(H2,16,23,24). The highest BCUT2D eigenvalue weighted by atomic mass is 32.2. The van der Waals surface area contributed by atoms with Crippen LogP contribution >= 0.6 is 0 Å². The maximum absolute atomic E-state index is 12.1. The van der Waals surface area contributed by atoms with Crippen LogP contribution in [0.2, 0.25) is 0 Å². The molecule has 0 saturated heterocycles. The fraction of sp³-hybridized carbons (Fsp3) is 0.600. The molecule has 1 fully saturated rings. The van der Waals surface area contributed by atoms with E-state index in [0.29, 0.717) is 48.3 Å². The summed E-state index contributed by atoms with van der Waals surface area (Å²) in [6.07, 6.45) is 3.69. The van der Waals surface area contributed by atoms with Crippen molar-refractivity contribution in [1.29, 1.82) is 0 Å². The molecular weight excluding hydrogens is 348 g/mol. The van der Waals surface area contributed by atoms with Gasteiger partial charge >= 0.3 is 16.2 Å². The molecule has 1 aromatic heterocycles. The number of likely N-dealkylation sites (N-methyl/N-ethyl adjacent to an activating group) is 1. The molecule has 1 aliphatic carbocycles. The maximum Gasteiger partial charge on any atom is 0.353 e. The van der Waals surface area contributed by atoms with Crippen LogP contribution in [0.15, 0.2) is 12.3 Å². The fourth-order valence-corrected chi connectivity index (χ4v) is 3.98. The molecule has 25 heavy (non-hydrogen) atoms. The van der Waals surface area contributed by atoms with E-state index in [4.69, 9.17) is 5.14 Å². The van der Waals surface area contributed by atoms with Gasteiger partial charge in [-0.05, 0) is 50.3 Å². The minimum absolute atomic E-state index is 0.00858. The van der Waals surface area contributed by atoms with E-state index in [0.717, 1.165) is 0 Å². The molecule has 0 unspecified atom stereocenters. The minimum atomic E-state index is -4.17. The number of nitrogens with one attached hydrogen (secondary N) is 2. The van der Waals surface area contributed by atoms with Crippen LogP contribution in [0.5, 0.6) is 0 Å². The lowest BCUT2D eigenvalue weighted by molar-refractivity contribution is -0.125. The molecule has 0 spiro atoms. The molecule has 2 rings (SSSR count). The van der Waals surface area contributed by atoms with Gasteiger partial charge in [0.15, 0.2) is 0 Å². The average molecular weight is 372 g/mol. The lowest BCUT2D eigenvalue weighted by atomic mass is 9.78. The Morgan fingerprint density at radius 3 is 2.44 bits per heavy atom. The SMILES string of the molecule is CNCCNC(=O)C1CCC(c2ccn(S(N)(=O)=O)c2C(=O)O)CC1. The summed E-state index contributed by atoms with van der Waals surface area (Å²) in [6.45, 7) is 1.26. The smallest absolute Gasteiger partial charge is 0.353 e. The van der Waals surface area contributed by atoms with Gasteiger partial charge in [0, 0.05) is 25.2 Å². The van der Waals surface area contributed by atoms with Gasteiger partial charge in [-0.1, -0.05) is 0 Å². The van der Waals surface area contributed by atoms with Crippen molar-refractivity contribution in [1.82, 2.24) is 14.6 Å². The Bertz CT molecular complexity index is 735. The summed E-state index contributed by atoms with van der Waals surface area (Å²) in [6, 6.07) is 1.49. The molecule has 9 nitrogen and oxygen atoms in total. The van der Waals surface area contributed by atoms with E-state index in [1.807, 2.05) is 7.05 Å². The number of carbonyl (C=O) groups excluding carboxylic acids is 1. The molecule has 1 amide bonds. The quantitative estimate of drug-likeness (QED) is 0.490. The number of aromatic nitrogens is 1. The van der Waals surface area contributed by atoms with Gasteiger partial charge in [-0.2, -0.15) is 8.42 Å². The molecule has 0 aliphatic heterocycles. The lowest BCUT2D eigenvalue weighted by Gasteiger charge is -2.28. The molecule has 1 aliphatic rings. The van der Waals surface area contributed by atoms with Gasteiger partial charge in [0.05, 0.1) is 0 Å². The van der Waals surface area contributed by atoms with Crippen molar-refractivity contribution in [3.8, 4) is 0 Å². The monoisotopic (exact) mass is 372 g/mol. The van der Waals surface area contributed by atoms with E-state index < -0.39 is 16.2 Å². The van der Waals surface area contributed by atoms with E-state index in [2.05, 4.69) is 10.6 Å². The number of rotatable bonds is 7. The summed E-state index contributed by atoms with van der Waals surface area (Å²) in [5.74, 6) is -1.52. The second kappa shape index (κ2) is 7.98. The fourth-order valence-electron chi connectivity index (χ4n) is 3.31. The number of nitrogens with two attached hydrogens (primary N) is 1. The predicted octanol–water partition coefficient (Wildman–Crippen LogP) is -0.153. The molecule has 1 heterocycles. The number of hydrogen-bond donors (Lipinski definition) is 4. The third kappa shape index (κ3) is 4.59.